The number of aliphatic carboxylic acids is 1. The topological polar surface area (TPSA) is 93.1 Å². The van der Waals surface area contributed by atoms with Gasteiger partial charge in [-0.1, -0.05) is 15.9 Å². The lowest BCUT2D eigenvalue weighted by atomic mass is 10.2. The smallest absolute Gasteiger partial charge is 0.341 e. The molecule has 0 aliphatic carbocycles. The van der Waals surface area contributed by atoms with Crippen molar-refractivity contribution in [1.29, 1.82) is 0 Å². The Morgan fingerprint density at radius 2 is 2.09 bits per heavy atom. The maximum absolute atomic E-state index is 11.9. The largest absolute Gasteiger partial charge is 0.493 e. The SMILES string of the molecule is COc1cc(/C=C2\SC(=O)N(C)C2=O)c(Br)cc1OCC(=O)O. The van der Waals surface area contributed by atoms with Crippen LogP contribution in [-0.2, 0) is 9.59 Å². The summed E-state index contributed by atoms with van der Waals surface area (Å²) in [7, 11) is 2.83. The van der Waals surface area contributed by atoms with Gasteiger partial charge in [-0.3, -0.25) is 14.5 Å². The van der Waals surface area contributed by atoms with Crippen LogP contribution >= 0.6 is 27.7 Å². The van der Waals surface area contributed by atoms with Crippen LogP contribution in [0.25, 0.3) is 6.08 Å². The van der Waals surface area contributed by atoms with Gasteiger partial charge in [0.2, 0.25) is 0 Å². The van der Waals surface area contributed by atoms with E-state index in [2.05, 4.69) is 15.9 Å². The Labute approximate surface area is 144 Å². The van der Waals surface area contributed by atoms with E-state index >= 15 is 0 Å². The van der Waals surface area contributed by atoms with Crippen molar-refractivity contribution >= 4 is 50.9 Å². The van der Waals surface area contributed by atoms with Crippen LogP contribution in [0.15, 0.2) is 21.5 Å². The number of methoxy groups -OCH3 is 1. The Morgan fingerprint density at radius 1 is 1.39 bits per heavy atom. The highest BCUT2D eigenvalue weighted by Crippen LogP contribution is 2.37. The Hall–Kier alpha value is -2.00. The summed E-state index contributed by atoms with van der Waals surface area (Å²) in [6.45, 7) is -0.503. The first-order valence-corrected chi connectivity index (χ1v) is 7.88. The van der Waals surface area contributed by atoms with Gasteiger partial charge in [0.15, 0.2) is 18.1 Å². The molecule has 1 aromatic carbocycles. The first-order valence-electron chi connectivity index (χ1n) is 6.27. The highest BCUT2D eigenvalue weighted by molar-refractivity contribution is 9.10. The van der Waals surface area contributed by atoms with Crippen molar-refractivity contribution in [2.75, 3.05) is 20.8 Å². The maximum atomic E-state index is 11.9. The fraction of sp³-hybridized carbons (Fsp3) is 0.214. The molecule has 2 rings (SSSR count). The van der Waals surface area contributed by atoms with Gasteiger partial charge in [0.25, 0.3) is 11.1 Å². The highest BCUT2D eigenvalue weighted by Gasteiger charge is 2.32. The maximum Gasteiger partial charge on any atom is 0.341 e. The molecule has 9 heteroatoms. The number of carboxylic acid groups (broad SMARTS) is 1. The van der Waals surface area contributed by atoms with Gasteiger partial charge in [-0.15, -0.1) is 0 Å². The van der Waals surface area contributed by atoms with Crippen LogP contribution in [0, 0.1) is 0 Å². The zero-order chi connectivity index (χ0) is 17.1. The number of rotatable bonds is 5. The third kappa shape index (κ3) is 3.85. The second-order valence-corrected chi connectivity index (χ2v) is 6.30. The van der Waals surface area contributed by atoms with Crippen molar-refractivity contribution in [3.8, 4) is 11.5 Å². The van der Waals surface area contributed by atoms with Gasteiger partial charge in [-0.2, -0.15) is 0 Å². The quantitative estimate of drug-likeness (QED) is 0.757. The van der Waals surface area contributed by atoms with Gasteiger partial charge in [0, 0.05) is 11.5 Å². The predicted octanol–water partition coefficient (Wildman–Crippen LogP) is 2.59. The molecular formula is C14H12BrNO6S. The first-order chi connectivity index (χ1) is 10.8. The van der Waals surface area contributed by atoms with E-state index in [0.717, 1.165) is 16.7 Å². The molecule has 0 aromatic heterocycles. The van der Waals surface area contributed by atoms with Crippen LogP contribution in [0.4, 0.5) is 4.79 Å². The van der Waals surface area contributed by atoms with Crippen molar-refractivity contribution in [1.82, 2.24) is 4.90 Å². The lowest BCUT2D eigenvalue weighted by Crippen LogP contribution is -2.22. The number of amides is 2. The van der Waals surface area contributed by atoms with Crippen LogP contribution in [0.2, 0.25) is 0 Å². The molecule has 1 aliphatic rings. The van der Waals surface area contributed by atoms with Crippen molar-refractivity contribution in [2.24, 2.45) is 0 Å². The van der Waals surface area contributed by atoms with Gasteiger partial charge in [0.1, 0.15) is 0 Å². The summed E-state index contributed by atoms with van der Waals surface area (Å²) in [4.78, 5) is 35.3. The number of carboxylic acids is 1. The van der Waals surface area contributed by atoms with Gasteiger partial charge in [0.05, 0.1) is 12.0 Å². The lowest BCUT2D eigenvalue weighted by molar-refractivity contribution is -0.139. The molecule has 122 valence electrons. The van der Waals surface area contributed by atoms with E-state index in [4.69, 9.17) is 14.6 Å². The van der Waals surface area contributed by atoms with Crippen molar-refractivity contribution in [3.63, 3.8) is 0 Å². The average molecular weight is 402 g/mol. The number of halogens is 1. The third-order valence-electron chi connectivity index (χ3n) is 2.91. The molecule has 23 heavy (non-hydrogen) atoms. The van der Waals surface area contributed by atoms with Crippen LogP contribution < -0.4 is 9.47 Å². The summed E-state index contributed by atoms with van der Waals surface area (Å²) >= 11 is 4.17. The molecule has 1 N–H and O–H groups in total. The summed E-state index contributed by atoms with van der Waals surface area (Å²) in [6.07, 6.45) is 1.56. The molecule has 1 saturated heterocycles. The normalized spacial score (nSPS) is 16.1. The second-order valence-electron chi connectivity index (χ2n) is 4.45. The van der Waals surface area contributed by atoms with E-state index < -0.39 is 12.6 Å². The predicted molar refractivity (Wildman–Crippen MR) is 87.6 cm³/mol. The fourth-order valence-corrected chi connectivity index (χ4v) is 3.02. The number of imide groups is 1. The molecule has 1 heterocycles. The number of thioether (sulfide) groups is 1. The molecule has 0 spiro atoms. The average Bonchev–Trinajstić information content (AvgIpc) is 2.74. The minimum Gasteiger partial charge on any atom is -0.493 e. The summed E-state index contributed by atoms with van der Waals surface area (Å²) in [5.74, 6) is -0.917. The summed E-state index contributed by atoms with van der Waals surface area (Å²) in [5.41, 5.74) is 0.600. The second kappa shape index (κ2) is 7.05. The number of carbonyl (C=O) groups is 3. The molecular weight excluding hydrogens is 390 g/mol. The van der Waals surface area contributed by atoms with Crippen molar-refractivity contribution in [2.45, 2.75) is 0 Å². The van der Waals surface area contributed by atoms with Crippen LogP contribution in [-0.4, -0.2) is 47.9 Å². The number of likely N-dealkylation sites (N-methyl/N-ethyl adjacent to an activating group) is 1. The number of carbonyl (C=O) groups excluding carboxylic acids is 2. The summed E-state index contributed by atoms with van der Waals surface area (Å²) in [5, 5.41) is 8.33. The molecule has 0 unspecified atom stereocenters. The molecule has 0 atom stereocenters. The minimum absolute atomic E-state index is 0.252. The Balaban J connectivity index is 2.35. The summed E-state index contributed by atoms with van der Waals surface area (Å²) in [6, 6.07) is 3.13. The number of benzene rings is 1. The number of nitrogens with zero attached hydrogens (tertiary/aromatic N) is 1. The molecule has 2 amide bonds. The zero-order valence-electron chi connectivity index (χ0n) is 12.2. The van der Waals surface area contributed by atoms with Gasteiger partial charge >= 0.3 is 5.97 Å². The van der Waals surface area contributed by atoms with Crippen LogP contribution in [0.1, 0.15) is 5.56 Å². The number of hydrogen-bond donors (Lipinski definition) is 1. The van der Waals surface area contributed by atoms with Crippen molar-refractivity contribution in [3.05, 3.63) is 27.1 Å². The summed E-state index contributed by atoms with van der Waals surface area (Å²) < 4.78 is 10.9. The van der Waals surface area contributed by atoms with Crippen LogP contribution in [0.3, 0.4) is 0 Å². The number of ether oxygens (including phenoxy) is 2. The van der Waals surface area contributed by atoms with Crippen LogP contribution in [0.5, 0.6) is 11.5 Å². The first kappa shape index (κ1) is 17.4. The molecule has 0 radical (unpaired) electrons. The lowest BCUT2D eigenvalue weighted by Gasteiger charge is -2.11. The molecule has 1 fully saturated rings. The Morgan fingerprint density at radius 3 is 2.61 bits per heavy atom. The van der Waals surface area contributed by atoms with Gasteiger partial charge in [-0.25, -0.2) is 4.79 Å². The van der Waals surface area contributed by atoms with E-state index in [1.807, 2.05) is 0 Å². The molecule has 0 saturated carbocycles. The molecule has 1 aliphatic heterocycles. The van der Waals surface area contributed by atoms with E-state index in [1.165, 1.54) is 14.2 Å². The Kier molecular flexibility index (Phi) is 5.32. The number of hydrogen-bond acceptors (Lipinski definition) is 6. The van der Waals surface area contributed by atoms with Gasteiger partial charge < -0.3 is 14.6 Å². The monoisotopic (exact) mass is 401 g/mol. The van der Waals surface area contributed by atoms with E-state index in [9.17, 15) is 14.4 Å². The standard InChI is InChI=1S/C14H12BrNO6S/c1-16-13(19)11(23-14(16)20)4-7-3-9(21-2)10(5-8(7)15)22-6-12(17)18/h3-5H,6H2,1-2H3,(H,17,18)/b11-4-. The van der Waals surface area contributed by atoms with Gasteiger partial charge in [-0.05, 0) is 35.5 Å². The zero-order valence-corrected chi connectivity index (χ0v) is 14.6. The van der Waals surface area contributed by atoms with E-state index in [0.29, 0.717) is 20.7 Å². The fourth-order valence-electron chi connectivity index (χ4n) is 1.76. The minimum atomic E-state index is -1.11. The molecule has 1 aromatic rings. The molecule has 7 nitrogen and oxygen atoms in total. The van der Waals surface area contributed by atoms with E-state index in [1.54, 1.807) is 18.2 Å². The van der Waals surface area contributed by atoms with E-state index in [-0.39, 0.29) is 16.9 Å². The third-order valence-corrected chi connectivity index (χ3v) is 4.55. The highest BCUT2D eigenvalue weighted by atomic mass is 79.9. The van der Waals surface area contributed by atoms with Crippen molar-refractivity contribution < 1.29 is 29.0 Å². The molecule has 0 bridgehead atoms. The Bertz CT molecular complexity index is 717.